The minimum atomic E-state index is -4.96. The molecule has 0 fully saturated rings. The molecule has 0 aliphatic carbocycles. The van der Waals surface area contributed by atoms with Crippen LogP contribution >= 0.6 is 15.6 Å². The lowest BCUT2D eigenvalue weighted by Gasteiger charge is -2.21. The van der Waals surface area contributed by atoms with Crippen molar-refractivity contribution in [2.45, 2.75) is 464 Å². The van der Waals surface area contributed by atoms with Crippen LogP contribution in [0.15, 0.2) is 0 Å². The Morgan fingerprint density at radius 1 is 0.262 bits per heavy atom. The van der Waals surface area contributed by atoms with Gasteiger partial charge in [0.15, 0.2) is 12.2 Å². The highest BCUT2D eigenvalue weighted by Crippen LogP contribution is 2.45. The molecule has 0 bridgehead atoms. The zero-order chi connectivity index (χ0) is 75.6. The summed E-state index contributed by atoms with van der Waals surface area (Å²) >= 11 is 0. The van der Waals surface area contributed by atoms with Crippen LogP contribution < -0.4 is 0 Å². The monoisotopic (exact) mass is 1510 g/mol. The summed E-state index contributed by atoms with van der Waals surface area (Å²) in [6, 6.07) is 0. The molecule has 612 valence electrons. The molecule has 0 aliphatic heterocycles. The summed E-state index contributed by atoms with van der Waals surface area (Å²) < 4.78 is 68.7. The number of unbranched alkanes of at least 4 members (excludes halogenated alkanes) is 53. The standard InChI is InChI=1S/C84H164O17P2/c1-7-9-11-13-15-17-18-19-20-21-22-23-24-28-31-34-37-43-49-55-61-67-82(87)95-73-80(101-83(88)68-62-56-50-44-38-35-32-29-26-25-27-30-33-36-41-46-52-58-64-76(3)4)75-99-103(92,93)97-71-78(85)70-96-102(90,91)98-74-79(72-94-81(86)66-60-54-48-16-14-12-10-8-2)100-84(89)69-63-57-51-45-40-39-42-47-53-59-65-77(5)6/h76-80,85H,7-75H2,1-6H3,(H,90,91)(H,92,93)/t78-,79+,80+/m0/s1. The predicted octanol–water partition coefficient (Wildman–Crippen LogP) is 25.5. The minimum Gasteiger partial charge on any atom is -0.462 e. The van der Waals surface area contributed by atoms with Gasteiger partial charge in [0.1, 0.15) is 19.3 Å². The molecule has 0 aliphatic rings. The maximum absolute atomic E-state index is 13.1. The first-order chi connectivity index (χ1) is 49.9. The summed E-state index contributed by atoms with van der Waals surface area (Å²) in [7, 11) is -9.92. The van der Waals surface area contributed by atoms with E-state index in [1.54, 1.807) is 0 Å². The molecule has 0 amide bonds. The van der Waals surface area contributed by atoms with Crippen molar-refractivity contribution in [2.24, 2.45) is 11.8 Å². The second-order valence-electron chi connectivity index (χ2n) is 31.2. The van der Waals surface area contributed by atoms with E-state index in [9.17, 15) is 43.2 Å². The summed E-state index contributed by atoms with van der Waals surface area (Å²) in [5.74, 6) is -0.537. The fraction of sp³-hybridized carbons (Fsp3) is 0.952. The van der Waals surface area contributed by atoms with Gasteiger partial charge in [-0.2, -0.15) is 0 Å². The first-order valence-corrected chi connectivity index (χ1v) is 46.5. The molecule has 0 heterocycles. The first-order valence-electron chi connectivity index (χ1n) is 43.5. The third-order valence-electron chi connectivity index (χ3n) is 19.7. The van der Waals surface area contributed by atoms with Crippen LogP contribution in [0.2, 0.25) is 0 Å². The number of ether oxygens (including phenoxy) is 4. The first kappa shape index (κ1) is 101. The van der Waals surface area contributed by atoms with Crippen LogP contribution in [-0.4, -0.2) is 96.7 Å². The summed E-state index contributed by atoms with van der Waals surface area (Å²) in [5, 5.41) is 10.6. The van der Waals surface area contributed by atoms with Gasteiger partial charge in [-0.05, 0) is 37.5 Å². The number of carbonyl (C=O) groups excluding carboxylic acids is 4. The predicted molar refractivity (Wildman–Crippen MR) is 423 cm³/mol. The van der Waals surface area contributed by atoms with E-state index in [2.05, 4.69) is 41.5 Å². The highest BCUT2D eigenvalue weighted by Gasteiger charge is 2.30. The quantitative estimate of drug-likeness (QED) is 0.0222. The number of hydrogen-bond acceptors (Lipinski definition) is 15. The Balaban J connectivity index is 5.17. The number of phosphoric ester groups is 2. The van der Waals surface area contributed by atoms with E-state index in [4.69, 9.17) is 37.0 Å². The van der Waals surface area contributed by atoms with E-state index in [-0.39, 0.29) is 25.7 Å². The van der Waals surface area contributed by atoms with Crippen molar-refractivity contribution >= 4 is 39.5 Å². The van der Waals surface area contributed by atoms with Crippen molar-refractivity contribution in [3.63, 3.8) is 0 Å². The molecule has 0 spiro atoms. The van der Waals surface area contributed by atoms with Gasteiger partial charge in [0.05, 0.1) is 26.4 Å². The summed E-state index contributed by atoms with van der Waals surface area (Å²) in [4.78, 5) is 73.0. The van der Waals surface area contributed by atoms with Gasteiger partial charge in [0.2, 0.25) is 0 Å². The molecule has 0 aromatic heterocycles. The van der Waals surface area contributed by atoms with Crippen molar-refractivity contribution in [1.29, 1.82) is 0 Å². The van der Waals surface area contributed by atoms with Crippen molar-refractivity contribution in [1.82, 2.24) is 0 Å². The van der Waals surface area contributed by atoms with E-state index >= 15 is 0 Å². The van der Waals surface area contributed by atoms with Gasteiger partial charge in [0, 0.05) is 25.7 Å². The molecule has 2 unspecified atom stereocenters. The number of aliphatic hydroxyl groups is 1. The number of hydrogen-bond donors (Lipinski definition) is 3. The lowest BCUT2D eigenvalue weighted by Crippen LogP contribution is -2.30. The van der Waals surface area contributed by atoms with Gasteiger partial charge in [-0.15, -0.1) is 0 Å². The van der Waals surface area contributed by atoms with E-state index in [0.717, 1.165) is 108 Å². The highest BCUT2D eigenvalue weighted by molar-refractivity contribution is 7.47. The van der Waals surface area contributed by atoms with Gasteiger partial charge in [-0.1, -0.05) is 395 Å². The molecule has 103 heavy (non-hydrogen) atoms. The SMILES string of the molecule is CCCCCCCCCCCCCCCCCCCCCCCC(=O)OC[C@H](COP(=O)(O)OC[C@@H](O)COP(=O)(O)OC[C@@H](COC(=O)CCCCCCCCCC)OC(=O)CCCCCCCCCCCCC(C)C)OC(=O)CCCCCCCCCCCCCCCCCCCCC(C)C. The smallest absolute Gasteiger partial charge is 0.462 e. The maximum Gasteiger partial charge on any atom is 0.472 e. The molecule has 5 atom stereocenters. The number of phosphoric acid groups is 2. The van der Waals surface area contributed by atoms with E-state index in [1.807, 2.05) is 0 Å². The largest absolute Gasteiger partial charge is 0.472 e. The Kier molecular flexibility index (Phi) is 74.1. The Labute approximate surface area is 632 Å². The van der Waals surface area contributed by atoms with E-state index in [1.165, 1.54) is 257 Å². The van der Waals surface area contributed by atoms with Gasteiger partial charge in [0.25, 0.3) is 0 Å². The molecule has 0 rings (SSSR count). The Morgan fingerprint density at radius 2 is 0.447 bits per heavy atom. The van der Waals surface area contributed by atoms with Crippen LogP contribution in [0.3, 0.4) is 0 Å². The number of rotatable bonds is 83. The number of aliphatic hydroxyl groups excluding tert-OH is 1. The molecule has 0 saturated heterocycles. The molecule has 17 nitrogen and oxygen atoms in total. The lowest BCUT2D eigenvalue weighted by atomic mass is 10.0. The zero-order valence-electron chi connectivity index (χ0n) is 67.6. The van der Waals surface area contributed by atoms with Crippen LogP contribution in [0.1, 0.15) is 446 Å². The van der Waals surface area contributed by atoms with E-state index < -0.39 is 97.5 Å². The highest BCUT2D eigenvalue weighted by atomic mass is 31.2. The third kappa shape index (κ3) is 78.0. The molecular weight excluding hydrogens is 1340 g/mol. The van der Waals surface area contributed by atoms with Crippen LogP contribution in [0.5, 0.6) is 0 Å². The van der Waals surface area contributed by atoms with E-state index in [0.29, 0.717) is 25.7 Å². The van der Waals surface area contributed by atoms with Gasteiger partial charge in [-0.25, -0.2) is 9.13 Å². The average molecular weight is 1510 g/mol. The second kappa shape index (κ2) is 75.5. The normalized spacial score (nSPS) is 13.9. The van der Waals surface area contributed by atoms with Gasteiger partial charge >= 0.3 is 39.5 Å². The van der Waals surface area contributed by atoms with Crippen LogP contribution in [0, 0.1) is 11.8 Å². The van der Waals surface area contributed by atoms with Gasteiger partial charge in [-0.3, -0.25) is 37.3 Å². The van der Waals surface area contributed by atoms with Crippen molar-refractivity contribution < 1.29 is 80.2 Å². The molecular formula is C84H164O17P2. The Bertz CT molecular complexity index is 1980. The average Bonchev–Trinajstić information content (AvgIpc) is 0.915. The van der Waals surface area contributed by atoms with Crippen LogP contribution in [0.4, 0.5) is 0 Å². The molecule has 3 N–H and O–H groups in total. The lowest BCUT2D eigenvalue weighted by molar-refractivity contribution is -0.161. The fourth-order valence-electron chi connectivity index (χ4n) is 13.1. The number of esters is 4. The zero-order valence-corrected chi connectivity index (χ0v) is 69.4. The molecule has 0 radical (unpaired) electrons. The van der Waals surface area contributed by atoms with Gasteiger partial charge < -0.3 is 33.8 Å². The summed E-state index contributed by atoms with van der Waals surface area (Å²) in [6.45, 7) is 9.64. The number of carbonyl (C=O) groups is 4. The topological polar surface area (TPSA) is 237 Å². The molecule has 0 saturated carbocycles. The maximum atomic E-state index is 13.1. The second-order valence-corrected chi connectivity index (χ2v) is 34.1. The third-order valence-corrected chi connectivity index (χ3v) is 21.6. The van der Waals surface area contributed by atoms with Crippen LogP contribution in [-0.2, 0) is 65.4 Å². The van der Waals surface area contributed by atoms with Crippen LogP contribution in [0.25, 0.3) is 0 Å². The van der Waals surface area contributed by atoms with Crippen molar-refractivity contribution in [2.75, 3.05) is 39.6 Å². The molecule has 0 aromatic rings. The molecule has 19 heteroatoms. The summed E-state index contributed by atoms with van der Waals surface area (Å²) in [6.07, 6.45) is 66.9. The Hall–Kier alpha value is -1.94. The minimum absolute atomic E-state index is 0.106. The van der Waals surface area contributed by atoms with Crippen molar-refractivity contribution in [3.05, 3.63) is 0 Å². The fourth-order valence-corrected chi connectivity index (χ4v) is 14.6. The molecule has 0 aromatic carbocycles. The van der Waals surface area contributed by atoms with Crippen molar-refractivity contribution in [3.8, 4) is 0 Å². The summed E-state index contributed by atoms with van der Waals surface area (Å²) in [5.41, 5.74) is 0. The Morgan fingerprint density at radius 3 is 0.660 bits per heavy atom.